The van der Waals surface area contributed by atoms with Gasteiger partial charge in [0.2, 0.25) is 0 Å². The van der Waals surface area contributed by atoms with Gasteiger partial charge in [-0.05, 0) is 32.1 Å². The second kappa shape index (κ2) is 12.7. The van der Waals surface area contributed by atoms with E-state index in [-0.39, 0.29) is 0 Å². The molecule has 0 aromatic rings. The van der Waals surface area contributed by atoms with Gasteiger partial charge in [0, 0.05) is 6.08 Å². The molecule has 0 heterocycles. The molecule has 0 rings (SSSR count). The highest BCUT2D eigenvalue weighted by Gasteiger charge is 1.84. The molecule has 0 spiro atoms. The number of nitriles is 1. The summed E-state index contributed by atoms with van der Waals surface area (Å²) in [5, 5.41) is 8.26. The van der Waals surface area contributed by atoms with Crippen LogP contribution in [0.15, 0.2) is 36.5 Å². The summed E-state index contributed by atoms with van der Waals surface area (Å²) in [7, 11) is 0. The SMILES string of the molecule is CC/C=C/C=C/CCCCC/C=C/C#N. The van der Waals surface area contributed by atoms with E-state index in [0.717, 1.165) is 19.3 Å². The third kappa shape index (κ3) is 12.7. The summed E-state index contributed by atoms with van der Waals surface area (Å²) < 4.78 is 0. The fourth-order valence-corrected chi connectivity index (χ4v) is 1.23. The predicted octanol–water partition coefficient (Wildman–Crippen LogP) is 4.54. The molecule has 0 aliphatic carbocycles. The second-order valence-corrected chi connectivity index (χ2v) is 3.43. The Bertz CT molecular complexity index is 241. The van der Waals surface area contributed by atoms with Gasteiger partial charge < -0.3 is 0 Å². The number of rotatable bonds is 8. The molecule has 15 heavy (non-hydrogen) atoms. The molecule has 0 atom stereocenters. The molecule has 82 valence electrons. The van der Waals surface area contributed by atoms with E-state index in [1.165, 1.54) is 19.3 Å². The molecule has 0 aliphatic rings. The van der Waals surface area contributed by atoms with E-state index in [9.17, 15) is 0 Å². The second-order valence-electron chi connectivity index (χ2n) is 3.43. The van der Waals surface area contributed by atoms with Crippen molar-refractivity contribution in [3.05, 3.63) is 36.5 Å². The first-order chi connectivity index (χ1) is 7.41. The molecule has 0 fully saturated rings. The molecule has 1 nitrogen and oxygen atoms in total. The molecule has 0 N–H and O–H groups in total. The number of hydrogen-bond acceptors (Lipinski definition) is 1. The van der Waals surface area contributed by atoms with Crippen LogP contribution in [0.4, 0.5) is 0 Å². The molecule has 0 aliphatic heterocycles. The molecule has 0 saturated heterocycles. The van der Waals surface area contributed by atoms with Crippen molar-refractivity contribution in [2.45, 2.75) is 45.4 Å². The fraction of sp³-hybridized carbons (Fsp3) is 0.500. The minimum absolute atomic E-state index is 1.03. The Morgan fingerprint density at radius 3 is 2.27 bits per heavy atom. The van der Waals surface area contributed by atoms with Crippen LogP contribution >= 0.6 is 0 Å². The zero-order chi connectivity index (χ0) is 11.2. The van der Waals surface area contributed by atoms with E-state index in [1.807, 2.05) is 12.1 Å². The Morgan fingerprint density at radius 1 is 0.933 bits per heavy atom. The minimum Gasteiger partial charge on any atom is -0.193 e. The van der Waals surface area contributed by atoms with Crippen molar-refractivity contribution in [2.75, 3.05) is 0 Å². The van der Waals surface area contributed by atoms with Crippen LogP contribution < -0.4 is 0 Å². The summed E-state index contributed by atoms with van der Waals surface area (Å²) in [5.74, 6) is 0. The largest absolute Gasteiger partial charge is 0.193 e. The normalized spacial score (nSPS) is 11.7. The highest BCUT2D eigenvalue weighted by atomic mass is 14.2. The van der Waals surface area contributed by atoms with Crippen molar-refractivity contribution >= 4 is 0 Å². The van der Waals surface area contributed by atoms with Gasteiger partial charge in [0.15, 0.2) is 0 Å². The average Bonchev–Trinajstić information content (AvgIpc) is 2.26. The van der Waals surface area contributed by atoms with Crippen LogP contribution in [0.25, 0.3) is 0 Å². The summed E-state index contributed by atoms with van der Waals surface area (Å²) >= 11 is 0. The molecule has 0 bridgehead atoms. The van der Waals surface area contributed by atoms with Gasteiger partial charge in [0.1, 0.15) is 0 Å². The van der Waals surface area contributed by atoms with E-state index < -0.39 is 0 Å². The van der Waals surface area contributed by atoms with Gasteiger partial charge in [0.25, 0.3) is 0 Å². The first-order valence-corrected chi connectivity index (χ1v) is 5.78. The van der Waals surface area contributed by atoms with Crippen molar-refractivity contribution in [1.29, 1.82) is 5.26 Å². The first kappa shape index (κ1) is 13.7. The van der Waals surface area contributed by atoms with Gasteiger partial charge in [-0.1, -0.05) is 43.7 Å². The molecule has 0 saturated carbocycles. The van der Waals surface area contributed by atoms with Crippen molar-refractivity contribution in [3.63, 3.8) is 0 Å². The Kier molecular flexibility index (Phi) is 11.6. The fourth-order valence-electron chi connectivity index (χ4n) is 1.23. The van der Waals surface area contributed by atoms with Gasteiger partial charge in [-0.3, -0.25) is 0 Å². The molecule has 0 amide bonds. The molecule has 0 radical (unpaired) electrons. The molecule has 1 heteroatoms. The lowest BCUT2D eigenvalue weighted by atomic mass is 10.1. The zero-order valence-electron chi connectivity index (χ0n) is 9.65. The lowest BCUT2D eigenvalue weighted by Gasteiger charge is -1.93. The lowest BCUT2D eigenvalue weighted by Crippen LogP contribution is -1.74. The van der Waals surface area contributed by atoms with Crippen LogP contribution in [-0.4, -0.2) is 0 Å². The summed E-state index contributed by atoms with van der Waals surface area (Å²) in [6.45, 7) is 2.14. The maximum Gasteiger partial charge on any atom is 0.0908 e. The van der Waals surface area contributed by atoms with Gasteiger partial charge in [-0.2, -0.15) is 5.26 Å². The number of allylic oxidation sites excluding steroid dienone is 6. The van der Waals surface area contributed by atoms with Crippen LogP contribution in [0, 0.1) is 11.3 Å². The summed E-state index contributed by atoms with van der Waals surface area (Å²) in [5.41, 5.74) is 0. The molecular weight excluding hydrogens is 182 g/mol. The highest BCUT2D eigenvalue weighted by molar-refractivity contribution is 5.02. The standard InChI is InChI=1S/C14H21N/c1-2-3-4-5-6-7-8-9-10-11-12-13-14-15/h3-6,12-13H,2,7-11H2,1H3/b4-3+,6-5+,13-12+. The van der Waals surface area contributed by atoms with Crippen molar-refractivity contribution < 1.29 is 0 Å². The van der Waals surface area contributed by atoms with Gasteiger partial charge >= 0.3 is 0 Å². The Balaban J connectivity index is 3.18. The number of unbranched alkanes of at least 4 members (excludes halogenated alkanes) is 4. The van der Waals surface area contributed by atoms with E-state index in [1.54, 1.807) is 6.08 Å². The summed E-state index contributed by atoms with van der Waals surface area (Å²) in [4.78, 5) is 0. The lowest BCUT2D eigenvalue weighted by molar-refractivity contribution is 0.696. The Morgan fingerprint density at radius 2 is 1.60 bits per heavy atom. The summed E-state index contributed by atoms with van der Waals surface area (Å²) in [6.07, 6.45) is 19.1. The quantitative estimate of drug-likeness (QED) is 0.323. The topological polar surface area (TPSA) is 23.8 Å². The molecule has 0 unspecified atom stereocenters. The van der Waals surface area contributed by atoms with Crippen molar-refractivity contribution in [3.8, 4) is 6.07 Å². The maximum absolute atomic E-state index is 8.26. The van der Waals surface area contributed by atoms with Crippen LogP contribution in [0.5, 0.6) is 0 Å². The van der Waals surface area contributed by atoms with E-state index in [4.69, 9.17) is 5.26 Å². The van der Waals surface area contributed by atoms with Crippen LogP contribution in [0.1, 0.15) is 45.4 Å². The van der Waals surface area contributed by atoms with Crippen LogP contribution in [0.3, 0.4) is 0 Å². The smallest absolute Gasteiger partial charge is 0.0908 e. The third-order valence-corrected chi connectivity index (χ3v) is 2.05. The van der Waals surface area contributed by atoms with Crippen LogP contribution in [0.2, 0.25) is 0 Å². The van der Waals surface area contributed by atoms with Gasteiger partial charge in [0.05, 0.1) is 6.07 Å². The van der Waals surface area contributed by atoms with Gasteiger partial charge in [-0.15, -0.1) is 0 Å². The minimum atomic E-state index is 1.03. The molecular formula is C14H21N. The van der Waals surface area contributed by atoms with Crippen LogP contribution in [-0.2, 0) is 0 Å². The highest BCUT2D eigenvalue weighted by Crippen LogP contribution is 2.04. The van der Waals surface area contributed by atoms with Gasteiger partial charge in [-0.25, -0.2) is 0 Å². The monoisotopic (exact) mass is 203 g/mol. The van der Waals surface area contributed by atoms with E-state index >= 15 is 0 Å². The molecule has 0 aromatic carbocycles. The number of nitrogens with zero attached hydrogens (tertiary/aromatic N) is 1. The number of hydrogen-bond donors (Lipinski definition) is 0. The van der Waals surface area contributed by atoms with E-state index in [0.29, 0.717) is 0 Å². The molecule has 0 aromatic heterocycles. The Hall–Kier alpha value is -1.29. The first-order valence-electron chi connectivity index (χ1n) is 5.78. The Labute approximate surface area is 93.8 Å². The predicted molar refractivity (Wildman–Crippen MR) is 66.4 cm³/mol. The van der Waals surface area contributed by atoms with E-state index in [2.05, 4.69) is 31.2 Å². The summed E-state index contributed by atoms with van der Waals surface area (Å²) in [6, 6.07) is 2.00. The average molecular weight is 203 g/mol. The van der Waals surface area contributed by atoms with Crippen molar-refractivity contribution in [1.82, 2.24) is 0 Å². The maximum atomic E-state index is 8.26. The van der Waals surface area contributed by atoms with Crippen molar-refractivity contribution in [2.24, 2.45) is 0 Å². The third-order valence-electron chi connectivity index (χ3n) is 2.05. The zero-order valence-corrected chi connectivity index (χ0v) is 9.65.